The summed E-state index contributed by atoms with van der Waals surface area (Å²) in [5, 5.41) is 2.65. The van der Waals surface area contributed by atoms with E-state index in [9.17, 15) is 14.4 Å². The molecule has 118 valence electrons. The number of carbonyl (C=O) groups is 3. The van der Waals surface area contributed by atoms with E-state index in [0.29, 0.717) is 30.2 Å². The van der Waals surface area contributed by atoms with Crippen molar-refractivity contribution in [2.45, 2.75) is 6.92 Å². The van der Waals surface area contributed by atoms with E-state index in [1.54, 1.807) is 18.2 Å². The van der Waals surface area contributed by atoms with Gasteiger partial charge in [0.05, 0.1) is 12.3 Å². The highest BCUT2D eigenvalue weighted by molar-refractivity contribution is 6.04. The predicted octanol–water partition coefficient (Wildman–Crippen LogP) is 0.377. The molecule has 7 nitrogen and oxygen atoms in total. The molecule has 1 heterocycles. The molecule has 0 unspecified atom stereocenters. The Labute approximate surface area is 128 Å². The summed E-state index contributed by atoms with van der Waals surface area (Å²) in [6.07, 6.45) is 0. The minimum Gasteiger partial charge on any atom is -0.482 e. The molecule has 2 amide bonds. The van der Waals surface area contributed by atoms with Crippen LogP contribution in [0.2, 0.25) is 0 Å². The molecule has 1 aromatic rings. The Hall–Kier alpha value is -2.41. The predicted molar refractivity (Wildman–Crippen MR) is 79.2 cm³/mol. The number of ketones is 1. The van der Waals surface area contributed by atoms with Gasteiger partial charge in [0, 0.05) is 19.2 Å². The van der Waals surface area contributed by atoms with Gasteiger partial charge in [0.2, 0.25) is 5.91 Å². The normalized spacial score (nSPS) is 13.4. The third kappa shape index (κ3) is 3.62. The van der Waals surface area contributed by atoms with Crippen LogP contribution in [-0.2, 0) is 14.3 Å². The minimum atomic E-state index is -0.324. The highest BCUT2D eigenvalue weighted by Crippen LogP contribution is 2.32. The molecular formula is C15H18N2O5. The first-order valence-electron chi connectivity index (χ1n) is 6.86. The van der Waals surface area contributed by atoms with E-state index in [-0.39, 0.29) is 30.7 Å². The van der Waals surface area contributed by atoms with Gasteiger partial charge in [-0.2, -0.15) is 0 Å². The zero-order valence-corrected chi connectivity index (χ0v) is 12.5. The van der Waals surface area contributed by atoms with Gasteiger partial charge < -0.3 is 14.8 Å². The first-order valence-corrected chi connectivity index (χ1v) is 6.86. The number of fused-ring (bicyclic) bond motifs is 1. The quantitative estimate of drug-likeness (QED) is 0.606. The number of nitrogens with one attached hydrogen (secondary N) is 1. The van der Waals surface area contributed by atoms with Crippen LogP contribution in [0.3, 0.4) is 0 Å². The van der Waals surface area contributed by atoms with Crippen LogP contribution in [0.15, 0.2) is 18.2 Å². The monoisotopic (exact) mass is 306 g/mol. The Morgan fingerprint density at radius 1 is 1.41 bits per heavy atom. The van der Waals surface area contributed by atoms with Gasteiger partial charge in [-0.15, -0.1) is 0 Å². The van der Waals surface area contributed by atoms with Crippen molar-refractivity contribution in [2.24, 2.45) is 0 Å². The lowest BCUT2D eigenvalue weighted by Crippen LogP contribution is -2.45. The number of hydrogen-bond acceptors (Lipinski definition) is 5. The molecule has 2 rings (SSSR count). The van der Waals surface area contributed by atoms with E-state index in [4.69, 9.17) is 9.47 Å². The van der Waals surface area contributed by atoms with Crippen molar-refractivity contribution >= 4 is 23.3 Å². The lowest BCUT2D eigenvalue weighted by Gasteiger charge is -2.29. The highest BCUT2D eigenvalue weighted by Gasteiger charge is 2.27. The molecule has 0 aliphatic carbocycles. The fraction of sp³-hybridized carbons (Fsp3) is 0.400. The fourth-order valence-electron chi connectivity index (χ4n) is 2.09. The summed E-state index contributed by atoms with van der Waals surface area (Å²) >= 11 is 0. The standard InChI is InChI=1S/C15H18N2O5/c1-10(18)11-3-4-13-12(7-11)17(15(20)9-22-13)8-14(19)16-5-6-21-2/h3-4,7H,5-6,8-9H2,1-2H3,(H,16,19). The molecule has 1 aliphatic rings. The van der Waals surface area contributed by atoms with Gasteiger partial charge in [-0.25, -0.2) is 0 Å². The van der Waals surface area contributed by atoms with Crippen molar-refractivity contribution in [2.75, 3.05) is 38.3 Å². The van der Waals surface area contributed by atoms with Crippen LogP contribution in [0, 0.1) is 0 Å². The highest BCUT2D eigenvalue weighted by atomic mass is 16.5. The molecule has 0 bridgehead atoms. The van der Waals surface area contributed by atoms with Crippen LogP contribution >= 0.6 is 0 Å². The number of methoxy groups -OCH3 is 1. The maximum Gasteiger partial charge on any atom is 0.265 e. The minimum absolute atomic E-state index is 0.120. The van der Waals surface area contributed by atoms with E-state index in [1.807, 2.05) is 0 Å². The molecule has 0 saturated carbocycles. The van der Waals surface area contributed by atoms with E-state index in [1.165, 1.54) is 18.9 Å². The van der Waals surface area contributed by atoms with Gasteiger partial charge >= 0.3 is 0 Å². The largest absolute Gasteiger partial charge is 0.482 e. The van der Waals surface area contributed by atoms with Gasteiger partial charge in [-0.3, -0.25) is 19.3 Å². The topological polar surface area (TPSA) is 84.9 Å². The van der Waals surface area contributed by atoms with Gasteiger partial charge in [0.25, 0.3) is 5.91 Å². The number of anilines is 1. The van der Waals surface area contributed by atoms with Crippen LogP contribution in [-0.4, -0.2) is 51.0 Å². The summed E-state index contributed by atoms with van der Waals surface area (Å²) < 4.78 is 10.2. The molecular weight excluding hydrogens is 288 g/mol. The molecule has 0 radical (unpaired) electrons. The summed E-state index contributed by atoms with van der Waals surface area (Å²) in [4.78, 5) is 36.7. The number of amides is 2. The summed E-state index contributed by atoms with van der Waals surface area (Å²) in [5.74, 6) is -0.263. The maximum atomic E-state index is 12.0. The summed E-state index contributed by atoms with van der Waals surface area (Å²) in [6.45, 7) is 1.95. The third-order valence-corrected chi connectivity index (χ3v) is 3.24. The number of carbonyl (C=O) groups excluding carboxylic acids is 3. The van der Waals surface area contributed by atoms with Gasteiger partial charge in [-0.05, 0) is 25.1 Å². The molecule has 0 spiro atoms. The van der Waals surface area contributed by atoms with Gasteiger partial charge in [-0.1, -0.05) is 0 Å². The van der Waals surface area contributed by atoms with Crippen molar-refractivity contribution in [1.82, 2.24) is 5.32 Å². The summed E-state index contributed by atoms with van der Waals surface area (Å²) in [5.41, 5.74) is 0.896. The number of ether oxygens (including phenoxy) is 2. The third-order valence-electron chi connectivity index (χ3n) is 3.24. The summed E-state index contributed by atoms with van der Waals surface area (Å²) in [7, 11) is 1.54. The van der Waals surface area contributed by atoms with Crippen molar-refractivity contribution in [3.8, 4) is 5.75 Å². The average Bonchev–Trinajstić information content (AvgIpc) is 2.50. The van der Waals surface area contributed by atoms with E-state index < -0.39 is 0 Å². The molecule has 0 saturated heterocycles. The fourth-order valence-corrected chi connectivity index (χ4v) is 2.09. The zero-order chi connectivity index (χ0) is 16.1. The molecule has 1 aliphatic heterocycles. The van der Waals surface area contributed by atoms with E-state index in [0.717, 1.165) is 0 Å². The van der Waals surface area contributed by atoms with Crippen LogP contribution in [0.1, 0.15) is 17.3 Å². The number of benzene rings is 1. The number of hydrogen-bond donors (Lipinski definition) is 1. The van der Waals surface area contributed by atoms with Gasteiger partial charge in [0.15, 0.2) is 12.4 Å². The Balaban J connectivity index is 2.17. The molecule has 0 fully saturated rings. The number of nitrogens with zero attached hydrogens (tertiary/aromatic N) is 1. The number of rotatable bonds is 6. The molecule has 22 heavy (non-hydrogen) atoms. The molecule has 1 aromatic carbocycles. The second kappa shape index (κ2) is 7.04. The van der Waals surface area contributed by atoms with E-state index in [2.05, 4.69) is 5.32 Å². The van der Waals surface area contributed by atoms with Crippen LogP contribution in [0.4, 0.5) is 5.69 Å². The molecule has 0 atom stereocenters. The number of Topliss-reactive ketones (excluding diaryl/α,β-unsaturated/α-hetero) is 1. The first kappa shape index (κ1) is 16.0. The van der Waals surface area contributed by atoms with Crippen molar-refractivity contribution in [1.29, 1.82) is 0 Å². The first-order chi connectivity index (χ1) is 10.5. The average molecular weight is 306 g/mol. The van der Waals surface area contributed by atoms with Crippen molar-refractivity contribution in [3.63, 3.8) is 0 Å². The molecule has 0 aromatic heterocycles. The van der Waals surface area contributed by atoms with Crippen LogP contribution in [0.5, 0.6) is 5.75 Å². The van der Waals surface area contributed by atoms with Crippen LogP contribution in [0.25, 0.3) is 0 Å². The lowest BCUT2D eigenvalue weighted by molar-refractivity contribution is -0.125. The Morgan fingerprint density at radius 3 is 2.86 bits per heavy atom. The van der Waals surface area contributed by atoms with Crippen molar-refractivity contribution in [3.05, 3.63) is 23.8 Å². The lowest BCUT2D eigenvalue weighted by atomic mass is 10.1. The smallest absolute Gasteiger partial charge is 0.265 e. The second-order valence-corrected chi connectivity index (χ2v) is 4.85. The Bertz CT molecular complexity index is 600. The second-order valence-electron chi connectivity index (χ2n) is 4.85. The van der Waals surface area contributed by atoms with Gasteiger partial charge in [0.1, 0.15) is 12.3 Å². The molecule has 7 heteroatoms. The Kier molecular flexibility index (Phi) is 5.11. The van der Waals surface area contributed by atoms with Crippen molar-refractivity contribution < 1.29 is 23.9 Å². The molecule has 1 N–H and O–H groups in total. The maximum absolute atomic E-state index is 12.0. The zero-order valence-electron chi connectivity index (χ0n) is 12.5. The Morgan fingerprint density at radius 2 is 2.18 bits per heavy atom. The SMILES string of the molecule is COCCNC(=O)CN1C(=O)COc2ccc(C(C)=O)cc21. The van der Waals surface area contributed by atoms with E-state index >= 15 is 0 Å². The van der Waals surface area contributed by atoms with Crippen LogP contribution < -0.4 is 15.0 Å². The summed E-state index contributed by atoms with van der Waals surface area (Å²) in [6, 6.07) is 4.83.